The average molecular weight is 371 g/mol. The van der Waals surface area contributed by atoms with Gasteiger partial charge >= 0.3 is 7.12 Å². The summed E-state index contributed by atoms with van der Waals surface area (Å²) >= 11 is 1.92. The van der Waals surface area contributed by atoms with E-state index in [9.17, 15) is 5.02 Å². The molecule has 2 aromatic rings. The molecule has 2 atom stereocenters. The van der Waals surface area contributed by atoms with E-state index in [4.69, 9.17) is 14.1 Å². The highest BCUT2D eigenvalue weighted by atomic mass is 32.2. The van der Waals surface area contributed by atoms with E-state index in [1.165, 1.54) is 0 Å². The first-order chi connectivity index (χ1) is 12.7. The number of nitrogens with zero attached hydrogens (tertiary/aromatic N) is 1. The normalized spacial score (nSPS) is 22.6. The summed E-state index contributed by atoms with van der Waals surface area (Å²) in [5, 5.41) is 9.60. The van der Waals surface area contributed by atoms with Gasteiger partial charge in [0.05, 0.1) is 7.11 Å². The summed E-state index contributed by atoms with van der Waals surface area (Å²) in [6.45, 7) is 0.530. The Labute approximate surface area is 158 Å². The van der Waals surface area contributed by atoms with Gasteiger partial charge in [0.25, 0.3) is 0 Å². The van der Waals surface area contributed by atoms with Gasteiger partial charge in [-0.1, -0.05) is 6.07 Å². The fraction of sp³-hybridized carbons (Fsp3) is 0.421. The number of benzene rings is 1. The van der Waals surface area contributed by atoms with Crippen LogP contribution in [-0.4, -0.2) is 48.5 Å². The Hall–Kier alpha value is -1.70. The van der Waals surface area contributed by atoms with Crippen LogP contribution in [0.5, 0.6) is 11.5 Å². The zero-order chi connectivity index (χ0) is 17.9. The topological polar surface area (TPSA) is 60.8 Å². The maximum Gasteiger partial charge on any atom is 0.454 e. The minimum absolute atomic E-state index is 0.182. The van der Waals surface area contributed by atoms with Crippen molar-refractivity contribution in [2.45, 2.75) is 24.8 Å². The van der Waals surface area contributed by atoms with E-state index in [-0.39, 0.29) is 12.0 Å². The summed E-state index contributed by atoms with van der Waals surface area (Å²) in [4.78, 5) is 4.39. The summed E-state index contributed by atoms with van der Waals surface area (Å²) in [5.74, 6) is 3.88. The number of hydrogen-bond donors (Lipinski definition) is 1. The fourth-order valence-corrected chi connectivity index (χ4v) is 4.51. The van der Waals surface area contributed by atoms with Gasteiger partial charge in [-0.2, -0.15) is 11.8 Å². The van der Waals surface area contributed by atoms with Gasteiger partial charge in [-0.15, -0.1) is 0 Å². The molecular formula is C19H22BNO4S. The van der Waals surface area contributed by atoms with Gasteiger partial charge in [-0.05, 0) is 47.8 Å². The summed E-state index contributed by atoms with van der Waals surface area (Å²) < 4.78 is 16.9. The van der Waals surface area contributed by atoms with Crippen LogP contribution in [-0.2, 0) is 4.65 Å². The Morgan fingerprint density at radius 1 is 1.23 bits per heavy atom. The predicted octanol–water partition coefficient (Wildman–Crippen LogP) is 3.24. The number of methoxy groups -OCH3 is 1. The molecule has 5 nitrogen and oxygen atoms in total. The highest BCUT2D eigenvalue weighted by Crippen LogP contribution is 2.36. The molecule has 136 valence electrons. The third-order valence-electron chi connectivity index (χ3n) is 4.89. The second-order valence-electron chi connectivity index (χ2n) is 6.70. The van der Waals surface area contributed by atoms with E-state index in [0.29, 0.717) is 12.9 Å². The first-order valence-electron chi connectivity index (χ1n) is 8.90. The predicted molar refractivity (Wildman–Crippen MR) is 104 cm³/mol. The quantitative estimate of drug-likeness (QED) is 0.815. The molecule has 0 spiro atoms. The molecule has 1 aromatic heterocycles. The zero-order valence-corrected chi connectivity index (χ0v) is 15.6. The number of aromatic nitrogens is 1. The molecule has 0 saturated carbocycles. The lowest BCUT2D eigenvalue weighted by Crippen LogP contribution is -2.15. The van der Waals surface area contributed by atoms with Gasteiger partial charge in [0.1, 0.15) is 6.10 Å². The molecule has 2 aliphatic heterocycles. The molecule has 2 saturated heterocycles. The van der Waals surface area contributed by atoms with Crippen molar-refractivity contribution in [1.29, 1.82) is 0 Å². The monoisotopic (exact) mass is 371 g/mol. The third kappa shape index (κ3) is 3.85. The average Bonchev–Trinajstić information content (AvgIpc) is 3.33. The number of ether oxygens (including phenoxy) is 2. The molecule has 3 heterocycles. The summed E-state index contributed by atoms with van der Waals surface area (Å²) in [6.07, 6.45) is 5.63. The third-order valence-corrected chi connectivity index (χ3v) is 6.02. The van der Waals surface area contributed by atoms with Gasteiger partial charge in [-0.25, -0.2) is 0 Å². The zero-order valence-electron chi connectivity index (χ0n) is 14.8. The van der Waals surface area contributed by atoms with E-state index in [1.54, 1.807) is 7.11 Å². The minimum Gasteiger partial charge on any atom is -0.493 e. The highest BCUT2D eigenvalue weighted by molar-refractivity contribution is 7.99. The molecule has 0 aliphatic carbocycles. The highest BCUT2D eigenvalue weighted by Gasteiger charge is 2.30. The Bertz CT molecular complexity index is 769. The van der Waals surface area contributed by atoms with Crippen LogP contribution >= 0.6 is 11.8 Å². The molecule has 1 unspecified atom stereocenters. The second kappa shape index (κ2) is 7.90. The van der Waals surface area contributed by atoms with Crippen LogP contribution in [0.3, 0.4) is 0 Å². The number of pyridine rings is 1. The van der Waals surface area contributed by atoms with E-state index in [2.05, 4.69) is 11.1 Å². The van der Waals surface area contributed by atoms with Crippen LogP contribution in [0.1, 0.15) is 17.9 Å². The van der Waals surface area contributed by atoms with Gasteiger partial charge in [-0.3, -0.25) is 4.98 Å². The molecule has 0 bridgehead atoms. The lowest BCUT2D eigenvalue weighted by Gasteiger charge is -2.17. The van der Waals surface area contributed by atoms with Crippen LogP contribution in [0.25, 0.3) is 11.1 Å². The molecule has 1 aromatic carbocycles. The van der Waals surface area contributed by atoms with Crippen LogP contribution in [0.2, 0.25) is 6.32 Å². The van der Waals surface area contributed by atoms with Gasteiger partial charge in [0.2, 0.25) is 0 Å². The Balaban J connectivity index is 1.60. The van der Waals surface area contributed by atoms with Crippen molar-refractivity contribution in [2.24, 2.45) is 0 Å². The summed E-state index contributed by atoms with van der Waals surface area (Å²) in [6, 6.07) is 8.12. The molecule has 2 fully saturated rings. The van der Waals surface area contributed by atoms with Crippen LogP contribution in [0.15, 0.2) is 36.7 Å². The SMILES string of the molecule is COc1ccc(-c2cncc([C@@H]3COB(O)C3)c2)cc1OC1CCSC1. The standard InChI is InChI=1S/C19H22BNO4S/c1-23-18-3-2-13(7-19(18)25-17-4-5-26-12-17)14-6-15(10-21-9-14)16-8-20(22)24-11-16/h2-3,6-7,9-10,16-17,22H,4-5,8,11-12H2,1H3/t16-,17?/m0/s1. The maximum atomic E-state index is 9.60. The van der Waals surface area contributed by atoms with Crippen LogP contribution in [0, 0.1) is 0 Å². The lowest BCUT2D eigenvalue weighted by molar-refractivity contribution is 0.218. The molecule has 26 heavy (non-hydrogen) atoms. The first kappa shape index (κ1) is 17.7. The van der Waals surface area contributed by atoms with Crippen molar-refractivity contribution in [3.8, 4) is 22.6 Å². The Morgan fingerprint density at radius 2 is 2.15 bits per heavy atom. The van der Waals surface area contributed by atoms with Crippen molar-refractivity contribution in [3.63, 3.8) is 0 Å². The first-order valence-corrected chi connectivity index (χ1v) is 10.1. The number of hydrogen-bond acceptors (Lipinski definition) is 6. The van der Waals surface area contributed by atoms with Gasteiger partial charge in [0.15, 0.2) is 11.5 Å². The lowest BCUT2D eigenvalue weighted by atomic mass is 9.80. The van der Waals surface area contributed by atoms with E-state index in [1.807, 2.05) is 42.4 Å². The van der Waals surface area contributed by atoms with Crippen molar-refractivity contribution in [1.82, 2.24) is 4.98 Å². The number of thioether (sulfide) groups is 1. The largest absolute Gasteiger partial charge is 0.493 e. The molecule has 0 radical (unpaired) electrons. The van der Waals surface area contributed by atoms with Crippen molar-refractivity contribution in [2.75, 3.05) is 25.2 Å². The summed E-state index contributed by atoms with van der Waals surface area (Å²) in [7, 11) is 0.993. The minimum atomic E-state index is -0.672. The van der Waals surface area contributed by atoms with Crippen LogP contribution < -0.4 is 9.47 Å². The Morgan fingerprint density at radius 3 is 2.88 bits per heavy atom. The van der Waals surface area contributed by atoms with Crippen molar-refractivity contribution in [3.05, 3.63) is 42.2 Å². The maximum absolute atomic E-state index is 9.60. The molecular weight excluding hydrogens is 349 g/mol. The molecule has 2 aliphatic rings. The van der Waals surface area contributed by atoms with Crippen LogP contribution in [0.4, 0.5) is 0 Å². The van der Waals surface area contributed by atoms with E-state index >= 15 is 0 Å². The van der Waals surface area contributed by atoms with E-state index in [0.717, 1.165) is 46.1 Å². The number of rotatable bonds is 5. The Kier molecular flexibility index (Phi) is 5.38. The molecule has 1 N–H and O–H groups in total. The molecule has 0 amide bonds. The van der Waals surface area contributed by atoms with Gasteiger partial charge in [0, 0.05) is 36.2 Å². The fourth-order valence-electron chi connectivity index (χ4n) is 3.41. The second-order valence-corrected chi connectivity index (χ2v) is 7.85. The van der Waals surface area contributed by atoms with E-state index < -0.39 is 7.12 Å². The smallest absolute Gasteiger partial charge is 0.454 e. The van der Waals surface area contributed by atoms with Gasteiger partial charge < -0.3 is 19.2 Å². The molecule has 4 rings (SSSR count). The molecule has 7 heteroatoms. The van der Waals surface area contributed by atoms with Crippen molar-refractivity contribution >= 4 is 18.9 Å². The van der Waals surface area contributed by atoms with Crippen molar-refractivity contribution < 1.29 is 19.2 Å². The summed E-state index contributed by atoms with van der Waals surface area (Å²) in [5.41, 5.74) is 3.15.